The van der Waals surface area contributed by atoms with Crippen LogP contribution >= 0.6 is 11.3 Å². The fourth-order valence-electron chi connectivity index (χ4n) is 3.78. The van der Waals surface area contributed by atoms with Gasteiger partial charge in [0, 0.05) is 4.88 Å². The van der Waals surface area contributed by atoms with Crippen LogP contribution in [0.2, 0.25) is 0 Å². The van der Waals surface area contributed by atoms with Gasteiger partial charge in [0.2, 0.25) is 5.91 Å². The Kier molecular flexibility index (Phi) is 5.62. The summed E-state index contributed by atoms with van der Waals surface area (Å²) >= 11 is 1.33. The number of carboxylic acid groups (broad SMARTS) is 1. The summed E-state index contributed by atoms with van der Waals surface area (Å²) in [6.07, 6.45) is 2.28. The predicted octanol–water partition coefficient (Wildman–Crippen LogP) is 2.69. The van der Waals surface area contributed by atoms with E-state index in [0.29, 0.717) is 23.4 Å². The fourth-order valence-corrected chi connectivity index (χ4v) is 4.93. The maximum absolute atomic E-state index is 12.8. The third-order valence-corrected chi connectivity index (χ3v) is 5.98. The molecule has 0 aliphatic carbocycles. The van der Waals surface area contributed by atoms with Gasteiger partial charge in [0.05, 0.1) is 36.2 Å². The molecule has 1 amide bonds. The Balaban J connectivity index is 1.82. The smallest absolute Gasteiger partial charge is 0.341 e. The van der Waals surface area contributed by atoms with E-state index in [2.05, 4.69) is 5.32 Å². The minimum Gasteiger partial charge on any atom is -0.481 e. The summed E-state index contributed by atoms with van der Waals surface area (Å²) in [4.78, 5) is 37.6. The summed E-state index contributed by atoms with van der Waals surface area (Å²) in [5.74, 6) is -3.48. The van der Waals surface area contributed by atoms with Gasteiger partial charge in [0.25, 0.3) is 0 Å². The molecule has 26 heavy (non-hydrogen) atoms. The predicted molar refractivity (Wildman–Crippen MR) is 95.4 cm³/mol. The Hall–Kier alpha value is -1.93. The molecule has 2 aliphatic rings. The van der Waals surface area contributed by atoms with Crippen LogP contribution in [0.3, 0.4) is 0 Å². The van der Waals surface area contributed by atoms with Gasteiger partial charge in [-0.15, -0.1) is 11.3 Å². The van der Waals surface area contributed by atoms with Crippen LogP contribution in [-0.2, 0) is 25.5 Å². The number of carbonyl (C=O) groups is 3. The molecule has 0 unspecified atom stereocenters. The normalized spacial score (nSPS) is 26.7. The van der Waals surface area contributed by atoms with Crippen molar-refractivity contribution in [1.82, 2.24) is 0 Å². The maximum atomic E-state index is 12.8. The number of aliphatic carboxylic acids is 1. The summed E-state index contributed by atoms with van der Waals surface area (Å²) < 4.78 is 10.7. The van der Waals surface area contributed by atoms with Gasteiger partial charge in [-0.25, -0.2) is 4.79 Å². The van der Waals surface area contributed by atoms with Crippen molar-refractivity contribution in [3.05, 3.63) is 16.5 Å². The average molecular weight is 381 g/mol. The lowest BCUT2D eigenvalue weighted by atomic mass is 9.79. The molecule has 142 valence electrons. The minimum atomic E-state index is -1.01. The molecule has 2 N–H and O–H groups in total. The number of carboxylic acids is 1. The lowest BCUT2D eigenvalue weighted by Crippen LogP contribution is -2.41. The SMILES string of the molecule is CCCc1cc(C(=O)OCC)c(NC(=O)[C@@H]2[C@H](C(=O)O)[C@H]3CC[C@H]2O3)s1. The van der Waals surface area contributed by atoms with Crippen LogP contribution in [0.4, 0.5) is 5.00 Å². The van der Waals surface area contributed by atoms with E-state index in [1.54, 1.807) is 13.0 Å². The van der Waals surface area contributed by atoms with Crippen LogP contribution in [0, 0.1) is 11.8 Å². The van der Waals surface area contributed by atoms with Crippen molar-refractivity contribution in [1.29, 1.82) is 0 Å². The number of fused-ring (bicyclic) bond motifs is 2. The molecule has 8 heteroatoms. The number of hydrogen-bond acceptors (Lipinski definition) is 6. The van der Waals surface area contributed by atoms with E-state index >= 15 is 0 Å². The summed E-state index contributed by atoms with van der Waals surface area (Å²) in [7, 11) is 0. The second-order valence-electron chi connectivity index (χ2n) is 6.60. The highest BCUT2D eigenvalue weighted by molar-refractivity contribution is 7.16. The van der Waals surface area contributed by atoms with Crippen molar-refractivity contribution in [3.63, 3.8) is 0 Å². The first kappa shape index (κ1) is 18.8. The van der Waals surface area contributed by atoms with Gasteiger partial charge in [-0.2, -0.15) is 0 Å². The van der Waals surface area contributed by atoms with Crippen molar-refractivity contribution in [3.8, 4) is 0 Å². The number of hydrogen-bond donors (Lipinski definition) is 2. The van der Waals surface area contributed by atoms with E-state index in [4.69, 9.17) is 9.47 Å². The van der Waals surface area contributed by atoms with Gasteiger partial charge in [0.1, 0.15) is 5.00 Å². The number of carbonyl (C=O) groups excluding carboxylic acids is 2. The largest absolute Gasteiger partial charge is 0.481 e. The van der Waals surface area contributed by atoms with Gasteiger partial charge < -0.3 is 19.9 Å². The number of nitrogens with one attached hydrogen (secondary N) is 1. The lowest BCUT2D eigenvalue weighted by molar-refractivity contribution is -0.147. The highest BCUT2D eigenvalue weighted by Crippen LogP contribution is 2.44. The molecule has 3 rings (SSSR count). The number of amides is 1. The van der Waals surface area contributed by atoms with Crippen molar-refractivity contribution >= 4 is 34.2 Å². The molecule has 2 fully saturated rings. The van der Waals surface area contributed by atoms with Crippen molar-refractivity contribution in [2.24, 2.45) is 11.8 Å². The third kappa shape index (κ3) is 3.48. The quantitative estimate of drug-likeness (QED) is 0.704. The van der Waals surface area contributed by atoms with Crippen molar-refractivity contribution in [2.75, 3.05) is 11.9 Å². The minimum absolute atomic E-state index is 0.243. The lowest BCUT2D eigenvalue weighted by Gasteiger charge is -2.23. The van der Waals surface area contributed by atoms with Crippen LogP contribution in [0.1, 0.15) is 48.3 Å². The molecule has 1 aromatic heterocycles. The Morgan fingerprint density at radius 3 is 2.58 bits per heavy atom. The number of esters is 1. The van der Waals surface area contributed by atoms with Gasteiger partial charge >= 0.3 is 11.9 Å². The summed E-state index contributed by atoms with van der Waals surface area (Å²) in [5, 5.41) is 12.7. The zero-order valence-electron chi connectivity index (χ0n) is 14.8. The maximum Gasteiger partial charge on any atom is 0.341 e. The number of ether oxygens (including phenoxy) is 2. The molecule has 2 aliphatic heterocycles. The standard InChI is InChI=1S/C18H23NO6S/c1-3-5-9-8-10(18(23)24-4-2)16(26-9)19-15(20)13-11-6-7-12(25-11)14(13)17(21)22/h8,11-14H,3-7H2,1-2H3,(H,19,20)(H,21,22)/t11-,12-,13+,14-/m1/s1. The van der Waals surface area contributed by atoms with Gasteiger partial charge in [-0.3, -0.25) is 9.59 Å². The van der Waals surface area contributed by atoms with Crippen LogP contribution in [0.5, 0.6) is 0 Å². The molecule has 0 aromatic carbocycles. The molecule has 2 bridgehead atoms. The topological polar surface area (TPSA) is 102 Å². The van der Waals surface area contributed by atoms with Gasteiger partial charge in [-0.05, 0) is 32.3 Å². The molecule has 7 nitrogen and oxygen atoms in total. The Labute approximate surface area is 155 Å². The number of rotatable bonds is 7. The first-order valence-corrected chi connectivity index (χ1v) is 9.76. The molecule has 2 saturated heterocycles. The summed E-state index contributed by atoms with van der Waals surface area (Å²) in [5.41, 5.74) is 0.324. The van der Waals surface area contributed by atoms with Crippen LogP contribution in [-0.4, -0.2) is 41.8 Å². The van der Waals surface area contributed by atoms with Crippen molar-refractivity contribution in [2.45, 2.75) is 51.7 Å². The molecular weight excluding hydrogens is 358 g/mol. The van der Waals surface area contributed by atoms with E-state index in [9.17, 15) is 19.5 Å². The van der Waals surface area contributed by atoms with Crippen LogP contribution in [0.25, 0.3) is 0 Å². The highest BCUT2D eigenvalue weighted by atomic mass is 32.1. The molecule has 3 heterocycles. The highest BCUT2D eigenvalue weighted by Gasteiger charge is 2.55. The monoisotopic (exact) mass is 381 g/mol. The summed E-state index contributed by atoms with van der Waals surface area (Å²) in [6.45, 7) is 4.00. The Morgan fingerprint density at radius 2 is 1.96 bits per heavy atom. The van der Waals surface area contributed by atoms with E-state index < -0.39 is 35.8 Å². The number of aryl methyl sites for hydroxylation is 1. The van der Waals surface area contributed by atoms with Crippen LogP contribution in [0.15, 0.2) is 6.07 Å². The van der Waals surface area contributed by atoms with Gasteiger partial charge in [-0.1, -0.05) is 13.3 Å². The molecule has 0 spiro atoms. The first-order valence-electron chi connectivity index (χ1n) is 8.95. The van der Waals surface area contributed by atoms with Crippen molar-refractivity contribution < 1.29 is 29.0 Å². The fraction of sp³-hybridized carbons (Fsp3) is 0.611. The molecule has 0 radical (unpaired) electrons. The molecule has 0 saturated carbocycles. The zero-order chi connectivity index (χ0) is 18.8. The third-order valence-electron chi connectivity index (χ3n) is 4.87. The van der Waals surface area contributed by atoms with E-state index in [0.717, 1.165) is 17.7 Å². The second kappa shape index (κ2) is 7.75. The first-order chi connectivity index (χ1) is 12.5. The second-order valence-corrected chi connectivity index (χ2v) is 7.73. The van der Waals surface area contributed by atoms with Gasteiger partial charge in [0.15, 0.2) is 0 Å². The number of anilines is 1. The molecular formula is C18H23NO6S. The Bertz CT molecular complexity index is 715. The zero-order valence-corrected chi connectivity index (χ0v) is 15.6. The van der Waals surface area contributed by atoms with Crippen LogP contribution < -0.4 is 5.32 Å². The van der Waals surface area contributed by atoms with E-state index in [-0.39, 0.29) is 12.7 Å². The van der Waals surface area contributed by atoms with E-state index in [1.165, 1.54) is 11.3 Å². The molecule has 1 aromatic rings. The summed E-state index contributed by atoms with van der Waals surface area (Å²) in [6, 6.07) is 1.74. The Morgan fingerprint density at radius 1 is 1.27 bits per heavy atom. The van der Waals surface area contributed by atoms with E-state index in [1.807, 2.05) is 6.92 Å². The molecule has 4 atom stereocenters. The average Bonchev–Trinajstić information content (AvgIpc) is 3.29. The number of thiophene rings is 1.